The lowest BCUT2D eigenvalue weighted by atomic mass is 9.92. The van der Waals surface area contributed by atoms with E-state index in [0.717, 1.165) is 31.9 Å². The van der Waals surface area contributed by atoms with Crippen molar-refractivity contribution in [1.82, 2.24) is 29.5 Å². The van der Waals surface area contributed by atoms with Crippen molar-refractivity contribution >= 4 is 34.6 Å². The summed E-state index contributed by atoms with van der Waals surface area (Å²) in [6, 6.07) is 5.36. The predicted molar refractivity (Wildman–Crippen MR) is 124 cm³/mol. The maximum Gasteiger partial charge on any atom is 0.276 e. The fourth-order valence-corrected chi connectivity index (χ4v) is 3.92. The molecule has 0 saturated heterocycles. The Hall–Kier alpha value is -4.19. The molecule has 11 nitrogen and oxygen atoms in total. The average Bonchev–Trinajstić information content (AvgIpc) is 3.27. The molecule has 1 fully saturated rings. The van der Waals surface area contributed by atoms with E-state index in [9.17, 15) is 9.18 Å². The first-order valence-electron chi connectivity index (χ1n) is 10.9. The van der Waals surface area contributed by atoms with Gasteiger partial charge in [0.05, 0.1) is 23.8 Å². The topological polar surface area (TPSA) is 148 Å². The number of imidazole rings is 1. The van der Waals surface area contributed by atoms with Gasteiger partial charge in [0.2, 0.25) is 0 Å². The van der Waals surface area contributed by atoms with Crippen LogP contribution in [0.25, 0.3) is 5.65 Å². The number of aromatic nitrogens is 6. The first-order valence-corrected chi connectivity index (χ1v) is 10.9. The van der Waals surface area contributed by atoms with Crippen molar-refractivity contribution in [2.24, 2.45) is 5.73 Å². The standard InChI is InChI=1S/C22H23FN10O/c23-15-10-25-7-5-16(15)31-22(34)18-11-27-21-17(30-19-6-8-26-12-28-19)9-20(32-33(18)21)29-14-3-1-13(24)2-4-14/h5-14H,1-4,24H2,(H,29,32)(H,25,31,34)(H,26,28,30)/t13-,14-. The summed E-state index contributed by atoms with van der Waals surface area (Å²) in [5, 5.41) is 13.8. The number of nitrogens with zero attached hydrogens (tertiary/aromatic N) is 6. The predicted octanol–water partition coefficient (Wildman–Crippen LogP) is 2.73. The molecule has 0 radical (unpaired) electrons. The molecule has 0 aromatic carbocycles. The van der Waals surface area contributed by atoms with Gasteiger partial charge in [0.15, 0.2) is 17.2 Å². The molecule has 0 atom stereocenters. The smallest absolute Gasteiger partial charge is 0.276 e. The van der Waals surface area contributed by atoms with Crippen molar-refractivity contribution in [1.29, 1.82) is 0 Å². The number of hydrogen-bond donors (Lipinski definition) is 4. The van der Waals surface area contributed by atoms with Gasteiger partial charge in [0.1, 0.15) is 18.0 Å². The molecule has 1 aliphatic carbocycles. The highest BCUT2D eigenvalue weighted by Gasteiger charge is 2.22. The summed E-state index contributed by atoms with van der Waals surface area (Å²) in [6.45, 7) is 0. The zero-order valence-electron chi connectivity index (χ0n) is 18.1. The van der Waals surface area contributed by atoms with E-state index in [1.54, 1.807) is 12.3 Å². The molecule has 0 spiro atoms. The highest BCUT2D eigenvalue weighted by atomic mass is 19.1. The average molecular weight is 462 g/mol. The van der Waals surface area contributed by atoms with E-state index in [1.807, 2.05) is 6.07 Å². The molecule has 5 N–H and O–H groups in total. The van der Waals surface area contributed by atoms with E-state index in [2.05, 4.69) is 41.0 Å². The molecule has 34 heavy (non-hydrogen) atoms. The Morgan fingerprint density at radius 1 is 1.03 bits per heavy atom. The van der Waals surface area contributed by atoms with Crippen molar-refractivity contribution in [3.63, 3.8) is 0 Å². The largest absolute Gasteiger partial charge is 0.366 e. The fraction of sp³-hybridized carbons (Fsp3) is 0.273. The number of pyridine rings is 1. The van der Waals surface area contributed by atoms with Crippen LogP contribution < -0.4 is 21.7 Å². The van der Waals surface area contributed by atoms with Gasteiger partial charge in [0.25, 0.3) is 5.91 Å². The normalized spacial score (nSPS) is 17.9. The Kier molecular flexibility index (Phi) is 5.95. The van der Waals surface area contributed by atoms with Crippen LogP contribution in [-0.2, 0) is 0 Å². The van der Waals surface area contributed by atoms with Crippen molar-refractivity contribution < 1.29 is 9.18 Å². The molecular formula is C22H23FN10O. The molecule has 0 bridgehead atoms. The summed E-state index contributed by atoms with van der Waals surface area (Å²) in [6.07, 6.45) is 10.6. The van der Waals surface area contributed by atoms with Crippen LogP contribution in [0.4, 0.5) is 27.4 Å². The number of anilines is 4. The summed E-state index contributed by atoms with van der Waals surface area (Å²) < 4.78 is 15.4. The van der Waals surface area contributed by atoms with Gasteiger partial charge < -0.3 is 21.7 Å². The quantitative estimate of drug-likeness (QED) is 0.339. The summed E-state index contributed by atoms with van der Waals surface area (Å²) in [5.74, 6) is -0.0716. The number of nitrogens with two attached hydrogens (primary N) is 1. The zero-order valence-corrected chi connectivity index (χ0v) is 18.1. The van der Waals surface area contributed by atoms with Gasteiger partial charge in [0, 0.05) is 30.5 Å². The molecule has 5 rings (SSSR count). The molecule has 4 aromatic heterocycles. The Bertz CT molecular complexity index is 1300. The Balaban J connectivity index is 1.50. The fourth-order valence-electron chi connectivity index (χ4n) is 3.92. The number of carbonyl (C=O) groups is 1. The van der Waals surface area contributed by atoms with E-state index in [0.29, 0.717) is 23.0 Å². The highest BCUT2D eigenvalue weighted by Crippen LogP contribution is 2.26. The summed E-state index contributed by atoms with van der Waals surface area (Å²) in [5.41, 5.74) is 7.20. The Morgan fingerprint density at radius 2 is 1.85 bits per heavy atom. The van der Waals surface area contributed by atoms with E-state index in [1.165, 1.54) is 29.3 Å². The second kappa shape index (κ2) is 9.35. The number of halogens is 1. The van der Waals surface area contributed by atoms with Gasteiger partial charge in [-0.1, -0.05) is 0 Å². The molecule has 1 saturated carbocycles. The minimum absolute atomic E-state index is 0.0158. The molecule has 4 aromatic rings. The minimum atomic E-state index is -0.637. The summed E-state index contributed by atoms with van der Waals surface area (Å²) in [7, 11) is 0. The first kappa shape index (κ1) is 21.6. The van der Waals surface area contributed by atoms with Crippen molar-refractivity contribution in [2.75, 3.05) is 16.0 Å². The van der Waals surface area contributed by atoms with E-state index in [-0.39, 0.29) is 23.5 Å². The number of amides is 1. The van der Waals surface area contributed by atoms with Crippen molar-refractivity contribution in [3.8, 4) is 0 Å². The van der Waals surface area contributed by atoms with Gasteiger partial charge in [-0.3, -0.25) is 9.78 Å². The van der Waals surface area contributed by atoms with Crippen LogP contribution in [0.2, 0.25) is 0 Å². The number of nitrogens with one attached hydrogen (secondary N) is 3. The molecule has 0 aliphatic heterocycles. The van der Waals surface area contributed by atoms with Gasteiger partial charge in [-0.25, -0.2) is 23.9 Å². The molecular weight excluding hydrogens is 439 g/mol. The second-order valence-electron chi connectivity index (χ2n) is 8.11. The third-order valence-electron chi connectivity index (χ3n) is 5.69. The number of fused-ring (bicyclic) bond motifs is 1. The van der Waals surface area contributed by atoms with E-state index < -0.39 is 11.7 Å². The van der Waals surface area contributed by atoms with Crippen LogP contribution in [0.1, 0.15) is 36.2 Å². The second-order valence-corrected chi connectivity index (χ2v) is 8.11. The molecule has 12 heteroatoms. The van der Waals surface area contributed by atoms with Gasteiger partial charge in [-0.2, -0.15) is 0 Å². The van der Waals surface area contributed by atoms with E-state index in [4.69, 9.17) is 5.73 Å². The summed E-state index contributed by atoms with van der Waals surface area (Å²) >= 11 is 0. The van der Waals surface area contributed by atoms with Crippen molar-refractivity contribution in [3.05, 3.63) is 60.8 Å². The number of rotatable bonds is 6. The lowest BCUT2D eigenvalue weighted by Crippen LogP contribution is -2.33. The minimum Gasteiger partial charge on any atom is -0.366 e. The maximum atomic E-state index is 14.0. The number of carbonyl (C=O) groups excluding carboxylic acids is 1. The zero-order chi connectivity index (χ0) is 23.5. The van der Waals surface area contributed by atoms with Crippen LogP contribution >= 0.6 is 0 Å². The molecule has 4 heterocycles. The van der Waals surface area contributed by atoms with Gasteiger partial charge in [-0.15, -0.1) is 5.10 Å². The Morgan fingerprint density at radius 3 is 2.62 bits per heavy atom. The third-order valence-corrected chi connectivity index (χ3v) is 5.69. The maximum absolute atomic E-state index is 14.0. The SMILES string of the molecule is N[C@H]1CC[C@H](Nc2cc(Nc3ccncn3)c3ncc(C(=O)Nc4ccncc4F)n3n2)CC1. The van der Waals surface area contributed by atoms with Crippen LogP contribution in [0.5, 0.6) is 0 Å². The Labute approximate surface area is 194 Å². The summed E-state index contributed by atoms with van der Waals surface area (Å²) in [4.78, 5) is 29.2. The highest BCUT2D eigenvalue weighted by molar-refractivity contribution is 6.03. The van der Waals surface area contributed by atoms with Crippen molar-refractivity contribution in [2.45, 2.75) is 37.8 Å². The molecule has 1 amide bonds. The van der Waals surface area contributed by atoms with Gasteiger partial charge >= 0.3 is 0 Å². The van der Waals surface area contributed by atoms with Crippen LogP contribution in [-0.4, -0.2) is 47.5 Å². The third kappa shape index (κ3) is 4.62. The number of hydrogen-bond acceptors (Lipinski definition) is 9. The van der Waals surface area contributed by atoms with Crippen LogP contribution in [0.3, 0.4) is 0 Å². The monoisotopic (exact) mass is 462 g/mol. The lowest BCUT2D eigenvalue weighted by Gasteiger charge is -2.27. The molecule has 0 unspecified atom stereocenters. The molecule has 174 valence electrons. The lowest BCUT2D eigenvalue weighted by molar-refractivity contribution is 0.102. The molecule has 1 aliphatic rings. The van der Waals surface area contributed by atoms with Gasteiger partial charge in [-0.05, 0) is 37.8 Å². The van der Waals surface area contributed by atoms with E-state index >= 15 is 0 Å². The first-order chi connectivity index (χ1) is 16.6. The van der Waals surface area contributed by atoms with Crippen LogP contribution in [0.15, 0.2) is 49.3 Å². The van der Waals surface area contributed by atoms with Crippen LogP contribution in [0, 0.1) is 5.82 Å².